The predicted octanol–water partition coefficient (Wildman–Crippen LogP) is 2.44. The summed E-state index contributed by atoms with van der Waals surface area (Å²) in [7, 11) is 0. The SMILES string of the molecule is CCc1ccc(O)c(C(=O)N2CCC(C(=O)N3C[C@@H](C)O[C@@H](C)C3)CC2)c1. The number of likely N-dealkylation sites (tertiary alicyclic amines) is 1. The third-order valence-corrected chi connectivity index (χ3v) is 5.56. The first-order valence-corrected chi connectivity index (χ1v) is 9.94. The fourth-order valence-electron chi connectivity index (χ4n) is 4.09. The summed E-state index contributed by atoms with van der Waals surface area (Å²) in [6.45, 7) is 8.37. The van der Waals surface area contributed by atoms with E-state index in [-0.39, 0.29) is 35.7 Å². The van der Waals surface area contributed by atoms with Crippen molar-refractivity contribution in [2.45, 2.75) is 52.2 Å². The second kappa shape index (κ2) is 8.30. The molecule has 2 amide bonds. The Morgan fingerprint density at radius 2 is 1.74 bits per heavy atom. The zero-order chi connectivity index (χ0) is 19.6. The van der Waals surface area contributed by atoms with E-state index >= 15 is 0 Å². The molecular weight excluding hydrogens is 344 g/mol. The van der Waals surface area contributed by atoms with Gasteiger partial charge in [-0.3, -0.25) is 9.59 Å². The number of hydrogen-bond donors (Lipinski definition) is 1. The lowest BCUT2D eigenvalue weighted by molar-refractivity contribution is -0.148. The van der Waals surface area contributed by atoms with Crippen molar-refractivity contribution in [2.24, 2.45) is 5.92 Å². The first-order chi connectivity index (χ1) is 12.9. The number of morpholine rings is 1. The van der Waals surface area contributed by atoms with Gasteiger partial charge in [-0.25, -0.2) is 0 Å². The molecule has 3 rings (SSSR count). The Kier molecular flexibility index (Phi) is 6.05. The fraction of sp³-hybridized carbons (Fsp3) is 0.619. The van der Waals surface area contributed by atoms with Crippen molar-refractivity contribution in [1.82, 2.24) is 9.80 Å². The van der Waals surface area contributed by atoms with Gasteiger partial charge in [0.2, 0.25) is 5.91 Å². The van der Waals surface area contributed by atoms with Crippen molar-refractivity contribution in [2.75, 3.05) is 26.2 Å². The first-order valence-electron chi connectivity index (χ1n) is 9.94. The van der Waals surface area contributed by atoms with Crippen LogP contribution in [0.15, 0.2) is 18.2 Å². The molecule has 148 valence electrons. The van der Waals surface area contributed by atoms with Gasteiger partial charge in [0.1, 0.15) is 5.75 Å². The number of rotatable bonds is 3. The second-order valence-corrected chi connectivity index (χ2v) is 7.77. The highest BCUT2D eigenvalue weighted by Crippen LogP contribution is 2.26. The molecule has 0 aliphatic carbocycles. The minimum absolute atomic E-state index is 0.0201. The molecule has 6 nitrogen and oxygen atoms in total. The van der Waals surface area contributed by atoms with Crippen molar-refractivity contribution in [3.05, 3.63) is 29.3 Å². The number of ether oxygens (including phenoxy) is 1. The molecule has 2 aliphatic rings. The molecule has 1 N–H and O–H groups in total. The number of nitrogens with zero attached hydrogens (tertiary/aromatic N) is 2. The molecule has 0 aromatic heterocycles. The number of phenolic OH excluding ortho intramolecular Hbond substituents is 1. The Balaban J connectivity index is 1.60. The lowest BCUT2D eigenvalue weighted by Crippen LogP contribution is -2.51. The Hall–Kier alpha value is -2.08. The molecular formula is C21H30N2O4. The molecule has 1 aromatic rings. The van der Waals surface area contributed by atoms with Crippen LogP contribution in [-0.2, 0) is 16.0 Å². The topological polar surface area (TPSA) is 70.1 Å². The summed E-state index contributed by atoms with van der Waals surface area (Å²) in [4.78, 5) is 29.3. The Bertz CT molecular complexity index is 687. The summed E-state index contributed by atoms with van der Waals surface area (Å²) in [5.74, 6) is 0.0102. The number of phenols is 1. The van der Waals surface area contributed by atoms with Crippen LogP contribution < -0.4 is 0 Å². The van der Waals surface area contributed by atoms with Crippen molar-refractivity contribution in [3.8, 4) is 5.75 Å². The average Bonchev–Trinajstić information content (AvgIpc) is 2.66. The maximum atomic E-state index is 12.9. The summed E-state index contributed by atoms with van der Waals surface area (Å²) in [5, 5.41) is 10.1. The molecule has 0 spiro atoms. The largest absolute Gasteiger partial charge is 0.507 e. The lowest BCUT2D eigenvalue weighted by Gasteiger charge is -2.39. The average molecular weight is 374 g/mol. The van der Waals surface area contributed by atoms with Crippen LogP contribution in [0.25, 0.3) is 0 Å². The highest BCUT2D eigenvalue weighted by Gasteiger charge is 2.34. The molecule has 0 unspecified atom stereocenters. The summed E-state index contributed by atoms with van der Waals surface area (Å²) in [6.07, 6.45) is 2.27. The van der Waals surface area contributed by atoms with Gasteiger partial charge in [0.15, 0.2) is 0 Å². The van der Waals surface area contributed by atoms with Gasteiger partial charge < -0.3 is 19.6 Å². The highest BCUT2D eigenvalue weighted by molar-refractivity contribution is 5.97. The van der Waals surface area contributed by atoms with Gasteiger partial charge in [-0.15, -0.1) is 0 Å². The van der Waals surface area contributed by atoms with Crippen molar-refractivity contribution in [3.63, 3.8) is 0 Å². The number of carbonyl (C=O) groups excluding carboxylic acids is 2. The van der Waals surface area contributed by atoms with Crippen LogP contribution in [0.1, 0.15) is 49.5 Å². The van der Waals surface area contributed by atoms with Crippen LogP contribution in [0.3, 0.4) is 0 Å². The summed E-state index contributed by atoms with van der Waals surface area (Å²) >= 11 is 0. The highest BCUT2D eigenvalue weighted by atomic mass is 16.5. The summed E-state index contributed by atoms with van der Waals surface area (Å²) in [6, 6.07) is 5.19. The van der Waals surface area contributed by atoms with E-state index in [1.54, 1.807) is 17.0 Å². The van der Waals surface area contributed by atoms with Crippen LogP contribution in [0.5, 0.6) is 5.75 Å². The monoisotopic (exact) mass is 374 g/mol. The summed E-state index contributed by atoms with van der Waals surface area (Å²) in [5.41, 5.74) is 1.38. The number of aryl methyl sites for hydroxylation is 1. The van der Waals surface area contributed by atoms with E-state index in [1.807, 2.05) is 31.7 Å². The van der Waals surface area contributed by atoms with E-state index in [0.717, 1.165) is 12.0 Å². The number of benzene rings is 1. The van der Waals surface area contributed by atoms with Gasteiger partial charge >= 0.3 is 0 Å². The third-order valence-electron chi connectivity index (χ3n) is 5.56. The van der Waals surface area contributed by atoms with E-state index in [4.69, 9.17) is 4.74 Å². The van der Waals surface area contributed by atoms with Gasteiger partial charge in [0, 0.05) is 32.1 Å². The van der Waals surface area contributed by atoms with E-state index in [2.05, 4.69) is 0 Å². The molecule has 0 saturated carbocycles. The van der Waals surface area contributed by atoms with E-state index in [1.165, 1.54) is 0 Å². The van der Waals surface area contributed by atoms with Crippen LogP contribution in [0.2, 0.25) is 0 Å². The van der Waals surface area contributed by atoms with Crippen LogP contribution >= 0.6 is 0 Å². The second-order valence-electron chi connectivity index (χ2n) is 7.77. The van der Waals surface area contributed by atoms with Gasteiger partial charge in [-0.1, -0.05) is 13.0 Å². The molecule has 2 aliphatic heterocycles. The molecule has 2 saturated heterocycles. The molecule has 2 heterocycles. The van der Waals surface area contributed by atoms with Gasteiger partial charge in [0.25, 0.3) is 5.91 Å². The third kappa shape index (κ3) is 4.43. The number of piperidine rings is 1. The van der Waals surface area contributed by atoms with Gasteiger partial charge in [0.05, 0.1) is 17.8 Å². The Morgan fingerprint density at radius 3 is 2.33 bits per heavy atom. The van der Waals surface area contributed by atoms with Crippen LogP contribution in [0.4, 0.5) is 0 Å². The molecule has 2 atom stereocenters. The molecule has 1 aromatic carbocycles. The summed E-state index contributed by atoms with van der Waals surface area (Å²) < 4.78 is 5.71. The quantitative estimate of drug-likeness (QED) is 0.882. The zero-order valence-electron chi connectivity index (χ0n) is 16.5. The number of aromatic hydroxyl groups is 1. The minimum atomic E-state index is -0.151. The molecule has 0 radical (unpaired) electrons. The first kappa shape index (κ1) is 19.7. The van der Waals surface area contributed by atoms with Crippen molar-refractivity contribution < 1.29 is 19.4 Å². The molecule has 2 fully saturated rings. The Labute approximate surface area is 161 Å². The Morgan fingerprint density at radius 1 is 1.11 bits per heavy atom. The standard InChI is InChI=1S/C21H30N2O4/c1-4-16-5-6-19(24)18(11-16)21(26)22-9-7-17(8-10-22)20(25)23-12-14(2)27-15(3)13-23/h5-6,11,14-15,17,24H,4,7-10,12-13H2,1-3H3/t14-,15+. The maximum absolute atomic E-state index is 12.9. The number of amides is 2. The smallest absolute Gasteiger partial charge is 0.257 e. The van der Waals surface area contributed by atoms with Gasteiger partial charge in [-0.05, 0) is 50.8 Å². The van der Waals surface area contributed by atoms with Crippen molar-refractivity contribution in [1.29, 1.82) is 0 Å². The molecule has 0 bridgehead atoms. The minimum Gasteiger partial charge on any atom is -0.507 e. The molecule has 6 heteroatoms. The van der Waals surface area contributed by atoms with Crippen LogP contribution in [0, 0.1) is 5.92 Å². The van der Waals surface area contributed by atoms with E-state index in [9.17, 15) is 14.7 Å². The zero-order valence-corrected chi connectivity index (χ0v) is 16.5. The number of carbonyl (C=O) groups is 2. The predicted molar refractivity (Wildman–Crippen MR) is 103 cm³/mol. The lowest BCUT2D eigenvalue weighted by atomic mass is 9.94. The van der Waals surface area contributed by atoms with E-state index in [0.29, 0.717) is 44.6 Å². The van der Waals surface area contributed by atoms with Crippen LogP contribution in [-0.4, -0.2) is 65.1 Å². The van der Waals surface area contributed by atoms with Gasteiger partial charge in [-0.2, -0.15) is 0 Å². The normalized spacial score (nSPS) is 24.1. The number of hydrogen-bond acceptors (Lipinski definition) is 4. The van der Waals surface area contributed by atoms with Crippen molar-refractivity contribution >= 4 is 11.8 Å². The maximum Gasteiger partial charge on any atom is 0.257 e. The fourth-order valence-corrected chi connectivity index (χ4v) is 4.09. The molecule has 27 heavy (non-hydrogen) atoms. The van der Waals surface area contributed by atoms with E-state index < -0.39 is 0 Å².